The number of likely N-dealkylation sites (tertiary alicyclic amines) is 1. The van der Waals surface area contributed by atoms with Crippen molar-refractivity contribution in [2.75, 3.05) is 18.4 Å². The number of carbonyl (C=O) groups is 2. The molecule has 0 saturated carbocycles. The van der Waals surface area contributed by atoms with E-state index >= 15 is 0 Å². The molecule has 0 aliphatic carbocycles. The highest BCUT2D eigenvalue weighted by atomic mass is 79.9. The Hall–Kier alpha value is -2.87. The highest BCUT2D eigenvalue weighted by Gasteiger charge is 2.28. The first kappa shape index (κ1) is 19.4. The Balaban J connectivity index is 1.32. The largest absolute Gasteiger partial charge is 0.350 e. The number of aromatic nitrogens is 2. The highest BCUT2D eigenvalue weighted by Crippen LogP contribution is 2.18. The van der Waals surface area contributed by atoms with Gasteiger partial charge in [-0.15, -0.1) is 0 Å². The molecule has 1 saturated heterocycles. The fraction of sp³-hybridized carbons (Fsp3) is 0.286. The molecule has 8 heteroatoms. The molecule has 7 nitrogen and oxygen atoms in total. The maximum absolute atomic E-state index is 12.7. The lowest BCUT2D eigenvalue weighted by Crippen LogP contribution is -2.46. The third-order valence-corrected chi connectivity index (χ3v) is 5.48. The van der Waals surface area contributed by atoms with Crippen molar-refractivity contribution >= 4 is 39.2 Å². The summed E-state index contributed by atoms with van der Waals surface area (Å²) >= 11 is 3.44. The summed E-state index contributed by atoms with van der Waals surface area (Å²) in [6.07, 6.45) is 5.42. The van der Waals surface area contributed by atoms with Crippen LogP contribution >= 0.6 is 15.9 Å². The van der Waals surface area contributed by atoms with Gasteiger partial charge in [0, 0.05) is 35.6 Å². The summed E-state index contributed by atoms with van der Waals surface area (Å²) in [4.78, 5) is 31.4. The quantitative estimate of drug-likeness (QED) is 0.629. The average Bonchev–Trinajstić information content (AvgIpc) is 3.15. The zero-order valence-electron chi connectivity index (χ0n) is 15.8. The maximum Gasteiger partial charge on any atom is 0.321 e. The van der Waals surface area contributed by atoms with Crippen LogP contribution in [0.5, 0.6) is 0 Å². The van der Waals surface area contributed by atoms with E-state index in [-0.39, 0.29) is 17.9 Å². The molecular weight excluding hydrogens is 434 g/mol. The molecule has 1 aliphatic rings. The first-order valence-electron chi connectivity index (χ1n) is 9.60. The van der Waals surface area contributed by atoms with Gasteiger partial charge in [-0.1, -0.05) is 18.2 Å². The van der Waals surface area contributed by atoms with E-state index in [9.17, 15) is 9.59 Å². The van der Waals surface area contributed by atoms with Crippen LogP contribution in [0.4, 0.5) is 10.5 Å². The third-order valence-electron chi connectivity index (χ3n) is 5.01. The van der Waals surface area contributed by atoms with Crippen LogP contribution in [0.3, 0.4) is 0 Å². The minimum Gasteiger partial charge on any atom is -0.350 e. The van der Waals surface area contributed by atoms with Gasteiger partial charge in [-0.2, -0.15) is 0 Å². The molecule has 0 radical (unpaired) electrons. The van der Waals surface area contributed by atoms with Crippen LogP contribution < -0.4 is 10.6 Å². The topological polar surface area (TPSA) is 78.7 Å². The summed E-state index contributed by atoms with van der Waals surface area (Å²) in [6.45, 7) is 1.44. The van der Waals surface area contributed by atoms with Crippen molar-refractivity contribution < 1.29 is 9.59 Å². The molecule has 2 N–H and O–H groups in total. The normalized spacial score (nSPS) is 16.6. The molecule has 1 fully saturated rings. The molecule has 4 rings (SSSR count). The summed E-state index contributed by atoms with van der Waals surface area (Å²) < 4.78 is 2.89. The molecule has 1 aromatic carbocycles. The monoisotopic (exact) mass is 455 g/mol. The van der Waals surface area contributed by atoms with Gasteiger partial charge in [0.1, 0.15) is 5.65 Å². The van der Waals surface area contributed by atoms with Crippen molar-refractivity contribution in [3.63, 3.8) is 0 Å². The van der Waals surface area contributed by atoms with Crippen molar-refractivity contribution in [1.29, 1.82) is 0 Å². The zero-order valence-corrected chi connectivity index (χ0v) is 17.4. The number of halogens is 1. The van der Waals surface area contributed by atoms with Gasteiger partial charge in [-0.05, 0) is 53.0 Å². The number of amides is 3. The van der Waals surface area contributed by atoms with Crippen LogP contribution in [0.25, 0.3) is 5.65 Å². The summed E-state index contributed by atoms with van der Waals surface area (Å²) in [5.41, 5.74) is 2.38. The number of carbonyl (C=O) groups excluding carboxylic acids is 2. The number of anilines is 1. The second kappa shape index (κ2) is 8.65. The summed E-state index contributed by atoms with van der Waals surface area (Å²) in [7, 11) is 0. The second-order valence-electron chi connectivity index (χ2n) is 7.14. The van der Waals surface area contributed by atoms with E-state index < -0.39 is 0 Å². The molecule has 1 unspecified atom stereocenters. The molecule has 1 atom stereocenters. The molecule has 3 amide bonds. The van der Waals surface area contributed by atoms with Gasteiger partial charge in [-0.25, -0.2) is 9.78 Å². The number of hydrogen-bond acceptors (Lipinski definition) is 3. The van der Waals surface area contributed by atoms with E-state index in [4.69, 9.17) is 0 Å². The van der Waals surface area contributed by atoms with Gasteiger partial charge >= 0.3 is 6.03 Å². The number of pyridine rings is 1. The van der Waals surface area contributed by atoms with Gasteiger partial charge in [-0.3, -0.25) is 4.79 Å². The predicted octanol–water partition coefficient (Wildman–Crippen LogP) is 3.66. The lowest BCUT2D eigenvalue weighted by molar-refractivity contribution is -0.126. The van der Waals surface area contributed by atoms with E-state index in [0.717, 1.165) is 34.3 Å². The second-order valence-corrected chi connectivity index (χ2v) is 8.06. The van der Waals surface area contributed by atoms with Gasteiger partial charge in [0.2, 0.25) is 5.91 Å². The van der Waals surface area contributed by atoms with Gasteiger partial charge < -0.3 is 19.9 Å². The fourth-order valence-corrected chi connectivity index (χ4v) is 3.88. The molecule has 0 bridgehead atoms. The Labute approximate surface area is 177 Å². The molecule has 29 heavy (non-hydrogen) atoms. The standard InChI is InChI=1S/C21H22BrN5O2/c22-16-8-9-19-24-18(14-27(19)13-16)11-23-20(28)15-5-4-10-26(12-15)21(29)25-17-6-2-1-3-7-17/h1-3,6-9,13-15H,4-5,10-12H2,(H,23,28)(H,25,29). The van der Waals surface area contributed by atoms with Crippen LogP contribution in [0.2, 0.25) is 0 Å². The molecule has 3 heterocycles. The Bertz CT molecular complexity index is 1020. The first-order valence-corrected chi connectivity index (χ1v) is 10.4. The Morgan fingerprint density at radius 3 is 2.79 bits per heavy atom. The van der Waals surface area contributed by atoms with E-state index in [0.29, 0.717) is 19.6 Å². The summed E-state index contributed by atoms with van der Waals surface area (Å²) in [6, 6.07) is 13.0. The molecule has 1 aliphatic heterocycles. The Kier molecular flexibility index (Phi) is 5.80. The summed E-state index contributed by atoms with van der Waals surface area (Å²) in [5, 5.41) is 5.86. The van der Waals surface area contributed by atoms with Gasteiger partial charge in [0.15, 0.2) is 0 Å². The molecule has 2 aromatic heterocycles. The van der Waals surface area contributed by atoms with Crippen molar-refractivity contribution in [3.8, 4) is 0 Å². The minimum absolute atomic E-state index is 0.0413. The van der Waals surface area contributed by atoms with Crippen molar-refractivity contribution in [2.24, 2.45) is 5.92 Å². The molecule has 0 spiro atoms. The maximum atomic E-state index is 12.7. The predicted molar refractivity (Wildman–Crippen MR) is 114 cm³/mol. The highest BCUT2D eigenvalue weighted by molar-refractivity contribution is 9.10. The number of urea groups is 1. The fourth-order valence-electron chi connectivity index (χ4n) is 3.52. The van der Waals surface area contributed by atoms with E-state index in [1.54, 1.807) is 4.90 Å². The number of piperidine rings is 1. The third kappa shape index (κ3) is 4.76. The molecule has 150 valence electrons. The minimum atomic E-state index is -0.212. The van der Waals surface area contributed by atoms with E-state index in [1.165, 1.54) is 0 Å². The van der Waals surface area contributed by atoms with E-state index in [2.05, 4.69) is 31.5 Å². The molecule has 3 aromatic rings. The van der Waals surface area contributed by atoms with Gasteiger partial charge in [0.05, 0.1) is 18.2 Å². The van der Waals surface area contributed by atoms with Crippen molar-refractivity contribution in [1.82, 2.24) is 19.6 Å². The van der Waals surface area contributed by atoms with E-state index in [1.807, 2.05) is 59.3 Å². The number of benzene rings is 1. The number of para-hydroxylation sites is 1. The first-order chi connectivity index (χ1) is 14.1. The number of nitrogens with one attached hydrogen (secondary N) is 2. The van der Waals surface area contributed by atoms with Gasteiger partial charge in [0.25, 0.3) is 0 Å². The van der Waals surface area contributed by atoms with Crippen molar-refractivity contribution in [2.45, 2.75) is 19.4 Å². The SMILES string of the molecule is O=C(NCc1cn2cc(Br)ccc2n1)C1CCCN(C(=O)Nc2ccccc2)C1. The van der Waals surface area contributed by atoms with Crippen LogP contribution in [-0.4, -0.2) is 39.3 Å². The molecular formula is C21H22BrN5O2. The van der Waals surface area contributed by atoms with Crippen LogP contribution in [-0.2, 0) is 11.3 Å². The number of imidazole rings is 1. The van der Waals surface area contributed by atoms with Crippen LogP contribution in [0, 0.1) is 5.92 Å². The lowest BCUT2D eigenvalue weighted by Gasteiger charge is -2.32. The summed E-state index contributed by atoms with van der Waals surface area (Å²) in [5.74, 6) is -0.253. The Morgan fingerprint density at radius 1 is 1.14 bits per heavy atom. The Morgan fingerprint density at radius 2 is 1.97 bits per heavy atom. The number of nitrogens with zero attached hydrogens (tertiary/aromatic N) is 3. The number of rotatable bonds is 4. The van der Waals surface area contributed by atoms with Crippen LogP contribution in [0.1, 0.15) is 18.5 Å². The van der Waals surface area contributed by atoms with Crippen molar-refractivity contribution in [3.05, 3.63) is 65.0 Å². The smallest absolute Gasteiger partial charge is 0.321 e. The zero-order chi connectivity index (χ0) is 20.2. The number of hydrogen-bond donors (Lipinski definition) is 2. The average molecular weight is 456 g/mol. The van der Waals surface area contributed by atoms with Crippen LogP contribution in [0.15, 0.2) is 59.3 Å². The lowest BCUT2D eigenvalue weighted by atomic mass is 9.97. The number of fused-ring (bicyclic) bond motifs is 1.